The van der Waals surface area contributed by atoms with Gasteiger partial charge in [0.15, 0.2) is 5.92 Å². The third-order valence-corrected chi connectivity index (χ3v) is 4.19. The molecule has 0 bridgehead atoms. The van der Waals surface area contributed by atoms with Gasteiger partial charge in [0.1, 0.15) is 6.04 Å². The van der Waals surface area contributed by atoms with Crippen LogP contribution in [-0.4, -0.2) is 49.2 Å². The fraction of sp³-hybridized carbons (Fsp3) is 0.444. The first kappa shape index (κ1) is 23.9. The van der Waals surface area contributed by atoms with Gasteiger partial charge in [-0.25, -0.2) is 4.79 Å². The highest BCUT2D eigenvalue weighted by Crippen LogP contribution is 2.29. The zero-order valence-corrected chi connectivity index (χ0v) is 15.8. The molecule has 1 rings (SSSR count). The first-order valence-corrected chi connectivity index (χ1v) is 8.26. The van der Waals surface area contributed by atoms with Gasteiger partial charge < -0.3 is 19.9 Å². The number of halogens is 3. The summed E-state index contributed by atoms with van der Waals surface area (Å²) in [6.45, 7) is 1.25. The van der Waals surface area contributed by atoms with E-state index in [9.17, 15) is 37.5 Å². The van der Waals surface area contributed by atoms with Crippen LogP contribution in [0.1, 0.15) is 18.1 Å². The maximum atomic E-state index is 12.6. The van der Waals surface area contributed by atoms with Crippen LogP contribution < -0.4 is 5.32 Å². The van der Waals surface area contributed by atoms with Crippen LogP contribution in [0.25, 0.3) is 0 Å². The lowest BCUT2D eigenvalue weighted by Gasteiger charge is -2.26. The molecule has 0 aliphatic rings. The normalized spacial score (nSPS) is 13.3. The van der Waals surface area contributed by atoms with Gasteiger partial charge in [-0.15, -0.1) is 0 Å². The number of aliphatic carboxylic acids is 1. The number of nitrogens with one attached hydrogen (secondary N) is 1. The van der Waals surface area contributed by atoms with Gasteiger partial charge in [0, 0.05) is 5.92 Å². The number of carboxylic acid groups (broad SMARTS) is 1. The quantitative estimate of drug-likeness (QED) is 0.483. The van der Waals surface area contributed by atoms with Crippen LogP contribution in [0.4, 0.5) is 13.2 Å². The number of benzene rings is 1. The minimum Gasteiger partial charge on any atom is -0.480 e. The Kier molecular flexibility index (Phi) is 8.16. The molecule has 0 heterocycles. The van der Waals surface area contributed by atoms with E-state index in [0.29, 0.717) is 0 Å². The Hall–Kier alpha value is -3.11. The first-order valence-electron chi connectivity index (χ1n) is 8.26. The van der Waals surface area contributed by atoms with Gasteiger partial charge in [0.05, 0.1) is 26.2 Å². The van der Waals surface area contributed by atoms with E-state index in [1.165, 1.54) is 6.92 Å². The molecule has 0 aromatic heterocycles. The summed E-state index contributed by atoms with van der Waals surface area (Å²) < 4.78 is 46.7. The molecule has 11 heteroatoms. The average molecular weight is 419 g/mol. The highest BCUT2D eigenvalue weighted by Gasteiger charge is 2.42. The molecule has 8 nitrogen and oxygen atoms in total. The van der Waals surface area contributed by atoms with E-state index in [2.05, 4.69) is 14.8 Å². The van der Waals surface area contributed by atoms with Crippen molar-refractivity contribution in [1.82, 2.24) is 5.32 Å². The number of methoxy groups -OCH3 is 2. The number of ether oxygens (including phenoxy) is 2. The Labute approximate surface area is 164 Å². The molecule has 2 atom stereocenters. The third-order valence-electron chi connectivity index (χ3n) is 4.19. The van der Waals surface area contributed by atoms with Gasteiger partial charge in [-0.2, -0.15) is 13.2 Å². The monoisotopic (exact) mass is 419 g/mol. The van der Waals surface area contributed by atoms with Crippen molar-refractivity contribution in [1.29, 1.82) is 0 Å². The van der Waals surface area contributed by atoms with Gasteiger partial charge in [-0.1, -0.05) is 19.1 Å². The Balaban J connectivity index is 2.94. The van der Waals surface area contributed by atoms with Crippen molar-refractivity contribution in [3.05, 3.63) is 35.4 Å². The summed E-state index contributed by atoms with van der Waals surface area (Å²) in [5.74, 6) is -7.24. The summed E-state index contributed by atoms with van der Waals surface area (Å²) in [4.78, 5) is 47.5. The average Bonchev–Trinajstić information content (AvgIpc) is 2.65. The van der Waals surface area contributed by atoms with E-state index in [1.807, 2.05) is 0 Å². The lowest BCUT2D eigenvalue weighted by atomic mass is 9.87. The fourth-order valence-corrected chi connectivity index (χ4v) is 2.61. The van der Waals surface area contributed by atoms with Crippen LogP contribution in [0, 0.1) is 11.8 Å². The van der Waals surface area contributed by atoms with E-state index in [1.54, 1.807) is 0 Å². The predicted molar refractivity (Wildman–Crippen MR) is 91.4 cm³/mol. The summed E-state index contributed by atoms with van der Waals surface area (Å²) in [6.07, 6.45) is -4.93. The van der Waals surface area contributed by atoms with Crippen molar-refractivity contribution >= 4 is 23.8 Å². The van der Waals surface area contributed by atoms with E-state index < -0.39 is 59.9 Å². The lowest BCUT2D eigenvalue weighted by Crippen LogP contribution is -2.50. The summed E-state index contributed by atoms with van der Waals surface area (Å²) in [6, 6.07) is 2.12. The number of carbonyl (C=O) groups excluding carboxylic acids is 3. The molecule has 160 valence electrons. The number of hydrogen-bond donors (Lipinski definition) is 2. The van der Waals surface area contributed by atoms with Gasteiger partial charge in [-0.3, -0.25) is 14.4 Å². The highest BCUT2D eigenvalue weighted by molar-refractivity contribution is 5.96. The zero-order valence-electron chi connectivity index (χ0n) is 15.8. The Morgan fingerprint density at radius 3 is 1.90 bits per heavy atom. The smallest absolute Gasteiger partial charge is 0.416 e. The van der Waals surface area contributed by atoms with Crippen LogP contribution in [0.5, 0.6) is 0 Å². The first-order chi connectivity index (χ1) is 13.4. The summed E-state index contributed by atoms with van der Waals surface area (Å²) in [7, 11) is 2.01. The molecule has 0 saturated carbocycles. The topological polar surface area (TPSA) is 119 Å². The number of rotatable bonds is 8. The molecule has 1 aromatic carbocycles. The zero-order chi connectivity index (χ0) is 22.4. The van der Waals surface area contributed by atoms with Crippen LogP contribution >= 0.6 is 0 Å². The molecule has 1 aromatic rings. The third kappa shape index (κ3) is 6.47. The van der Waals surface area contributed by atoms with E-state index in [-0.39, 0.29) is 5.56 Å². The number of alkyl halides is 3. The van der Waals surface area contributed by atoms with Gasteiger partial charge in [-0.05, 0) is 17.7 Å². The molecular weight excluding hydrogens is 399 g/mol. The summed E-state index contributed by atoms with van der Waals surface area (Å²) >= 11 is 0. The Bertz CT molecular complexity index is 746. The van der Waals surface area contributed by atoms with Crippen molar-refractivity contribution in [3.63, 3.8) is 0 Å². The van der Waals surface area contributed by atoms with Gasteiger partial charge in [0.2, 0.25) is 5.91 Å². The van der Waals surface area contributed by atoms with E-state index in [4.69, 9.17) is 0 Å². The molecule has 0 aliphatic carbocycles. The Morgan fingerprint density at radius 2 is 1.52 bits per heavy atom. The molecule has 0 saturated heterocycles. The molecule has 0 unspecified atom stereocenters. The molecule has 0 spiro atoms. The van der Waals surface area contributed by atoms with Gasteiger partial charge >= 0.3 is 24.1 Å². The molecule has 1 amide bonds. The number of carbonyl (C=O) groups is 4. The largest absolute Gasteiger partial charge is 0.480 e. The number of esters is 2. The van der Waals surface area contributed by atoms with Crippen molar-refractivity contribution in [2.75, 3.05) is 14.2 Å². The second-order valence-electron chi connectivity index (χ2n) is 6.14. The van der Waals surface area contributed by atoms with Crippen LogP contribution in [0.2, 0.25) is 0 Å². The highest BCUT2D eigenvalue weighted by atomic mass is 19.4. The standard InChI is InChI=1S/C18H20F3NO7/c1-9(13(16(26)28-2)17(27)29-3)14(15(24)25)22-12(23)8-10-4-6-11(7-5-10)18(19,20)21/h4-7,9,13-14H,8H2,1-3H3,(H,22,23)(H,24,25)/t9-,14+/m1/s1. The molecule has 0 radical (unpaired) electrons. The molecular formula is C18H20F3NO7. The Morgan fingerprint density at radius 1 is 1.03 bits per heavy atom. The second kappa shape index (κ2) is 9.89. The van der Waals surface area contributed by atoms with Crippen LogP contribution in [-0.2, 0) is 41.2 Å². The van der Waals surface area contributed by atoms with Crippen molar-refractivity contribution in [3.8, 4) is 0 Å². The van der Waals surface area contributed by atoms with E-state index >= 15 is 0 Å². The van der Waals surface area contributed by atoms with Crippen molar-refractivity contribution in [2.24, 2.45) is 11.8 Å². The van der Waals surface area contributed by atoms with E-state index in [0.717, 1.165) is 38.5 Å². The molecule has 0 fully saturated rings. The number of hydrogen-bond acceptors (Lipinski definition) is 6. The summed E-state index contributed by atoms with van der Waals surface area (Å²) in [5.41, 5.74) is -0.678. The molecule has 2 N–H and O–H groups in total. The number of carboxylic acids is 1. The van der Waals surface area contributed by atoms with Crippen LogP contribution in [0.15, 0.2) is 24.3 Å². The van der Waals surface area contributed by atoms with Crippen molar-refractivity contribution in [2.45, 2.75) is 25.6 Å². The maximum Gasteiger partial charge on any atom is 0.416 e. The molecule has 29 heavy (non-hydrogen) atoms. The van der Waals surface area contributed by atoms with Crippen LogP contribution in [0.3, 0.4) is 0 Å². The second-order valence-corrected chi connectivity index (χ2v) is 6.14. The number of amides is 1. The van der Waals surface area contributed by atoms with Gasteiger partial charge in [0.25, 0.3) is 0 Å². The maximum absolute atomic E-state index is 12.6. The SMILES string of the molecule is COC(=O)C(C(=O)OC)[C@@H](C)[C@H](NC(=O)Cc1ccc(C(F)(F)F)cc1)C(=O)O. The predicted octanol–water partition coefficient (Wildman–Crippen LogP) is 1.42. The summed E-state index contributed by atoms with van der Waals surface area (Å²) in [5, 5.41) is 11.6. The van der Waals surface area contributed by atoms with Crippen molar-refractivity contribution < 1.29 is 46.9 Å². The molecule has 0 aliphatic heterocycles. The lowest BCUT2D eigenvalue weighted by molar-refractivity contribution is -0.163. The fourth-order valence-electron chi connectivity index (χ4n) is 2.61. The minimum absolute atomic E-state index is 0.213. The minimum atomic E-state index is -4.53.